The predicted molar refractivity (Wildman–Crippen MR) is 126 cm³/mol. The lowest BCUT2D eigenvalue weighted by Crippen LogP contribution is -2.29. The molecule has 1 saturated heterocycles. The number of nitrogens with one attached hydrogen (secondary N) is 1. The Morgan fingerprint density at radius 2 is 1.87 bits per heavy atom. The van der Waals surface area contributed by atoms with Crippen molar-refractivity contribution in [3.8, 4) is 0 Å². The Kier molecular flexibility index (Phi) is 5.07. The molecule has 2 atom stereocenters. The van der Waals surface area contributed by atoms with Gasteiger partial charge in [0.15, 0.2) is 5.11 Å². The highest BCUT2D eigenvalue weighted by Crippen LogP contribution is 2.42. The van der Waals surface area contributed by atoms with Crippen LogP contribution in [0.5, 0.6) is 0 Å². The first kappa shape index (κ1) is 19.3. The van der Waals surface area contributed by atoms with E-state index in [-0.39, 0.29) is 12.1 Å². The van der Waals surface area contributed by atoms with Crippen LogP contribution in [0, 0.1) is 13.8 Å². The van der Waals surface area contributed by atoms with Gasteiger partial charge in [-0.05, 0) is 85.9 Å². The lowest BCUT2D eigenvalue weighted by molar-refractivity contribution is 0.515. The summed E-state index contributed by atoms with van der Waals surface area (Å²) in [6.45, 7) is 4.31. The summed E-state index contributed by atoms with van der Waals surface area (Å²) >= 11 is 5.85. The van der Waals surface area contributed by atoms with Crippen molar-refractivity contribution in [1.82, 2.24) is 14.9 Å². The van der Waals surface area contributed by atoms with Crippen LogP contribution in [-0.2, 0) is 0 Å². The Hall–Kier alpha value is -2.66. The molecule has 30 heavy (non-hydrogen) atoms. The zero-order chi connectivity index (χ0) is 20.7. The van der Waals surface area contributed by atoms with Gasteiger partial charge in [0.1, 0.15) is 0 Å². The molecular formula is C25H28N4S. The van der Waals surface area contributed by atoms with E-state index in [2.05, 4.69) is 76.3 Å². The zero-order valence-corrected chi connectivity index (χ0v) is 18.4. The molecule has 1 aliphatic heterocycles. The summed E-state index contributed by atoms with van der Waals surface area (Å²) in [6.07, 6.45) is 11.7. The highest BCUT2D eigenvalue weighted by Gasteiger charge is 2.41. The summed E-state index contributed by atoms with van der Waals surface area (Å²) in [5, 5.41) is 4.32. The third kappa shape index (κ3) is 3.41. The molecule has 1 N–H and O–H groups in total. The van der Waals surface area contributed by atoms with Crippen molar-refractivity contribution >= 4 is 23.0 Å². The quantitative estimate of drug-likeness (QED) is 0.546. The van der Waals surface area contributed by atoms with Gasteiger partial charge in [-0.3, -0.25) is 4.98 Å². The number of benzene rings is 1. The lowest BCUT2D eigenvalue weighted by atomic mass is 9.98. The van der Waals surface area contributed by atoms with Gasteiger partial charge < -0.3 is 14.8 Å². The van der Waals surface area contributed by atoms with E-state index in [4.69, 9.17) is 12.2 Å². The molecule has 0 radical (unpaired) electrons. The van der Waals surface area contributed by atoms with Gasteiger partial charge in [0, 0.05) is 30.3 Å². The van der Waals surface area contributed by atoms with Crippen molar-refractivity contribution in [3.63, 3.8) is 0 Å². The second-order valence-electron chi connectivity index (χ2n) is 8.60. The molecule has 2 unspecified atom stereocenters. The van der Waals surface area contributed by atoms with Gasteiger partial charge in [0.25, 0.3) is 0 Å². The van der Waals surface area contributed by atoms with Crippen LogP contribution in [0.25, 0.3) is 0 Å². The molecule has 3 heterocycles. The third-order valence-corrected chi connectivity index (χ3v) is 7.01. The van der Waals surface area contributed by atoms with Crippen molar-refractivity contribution in [2.45, 2.75) is 57.7 Å². The highest BCUT2D eigenvalue weighted by molar-refractivity contribution is 7.80. The van der Waals surface area contributed by atoms with Crippen LogP contribution in [0.4, 0.5) is 5.69 Å². The number of pyridine rings is 1. The summed E-state index contributed by atoms with van der Waals surface area (Å²) in [7, 11) is 0. The van der Waals surface area contributed by atoms with Gasteiger partial charge in [-0.25, -0.2) is 0 Å². The van der Waals surface area contributed by atoms with Crippen LogP contribution < -0.4 is 10.2 Å². The molecule has 3 aromatic rings. The van der Waals surface area contributed by atoms with E-state index in [1.165, 1.54) is 42.4 Å². The fraction of sp³-hybridized carbons (Fsp3) is 0.360. The predicted octanol–water partition coefficient (Wildman–Crippen LogP) is 5.79. The summed E-state index contributed by atoms with van der Waals surface area (Å²) in [5.74, 6) is 0. The van der Waals surface area contributed by atoms with E-state index in [0.29, 0.717) is 6.04 Å². The minimum absolute atomic E-state index is 0.0136. The van der Waals surface area contributed by atoms with E-state index in [0.717, 1.165) is 16.5 Å². The molecule has 5 heteroatoms. The number of hydrogen-bond acceptors (Lipinski definition) is 2. The summed E-state index contributed by atoms with van der Waals surface area (Å²) in [6, 6.07) is 15.7. The topological polar surface area (TPSA) is 33.1 Å². The van der Waals surface area contributed by atoms with E-state index in [9.17, 15) is 0 Å². The van der Waals surface area contributed by atoms with Gasteiger partial charge in [-0.15, -0.1) is 0 Å². The number of thiocarbonyl (C=S) groups is 1. The minimum atomic E-state index is 0.0136. The van der Waals surface area contributed by atoms with Crippen LogP contribution in [0.2, 0.25) is 0 Å². The summed E-state index contributed by atoms with van der Waals surface area (Å²) in [5.41, 5.74) is 6.00. The number of anilines is 1. The van der Waals surface area contributed by atoms with Crippen molar-refractivity contribution in [1.29, 1.82) is 0 Å². The van der Waals surface area contributed by atoms with Crippen molar-refractivity contribution in [2.24, 2.45) is 0 Å². The van der Waals surface area contributed by atoms with Gasteiger partial charge >= 0.3 is 0 Å². The number of aromatic nitrogens is 2. The molecular weight excluding hydrogens is 388 g/mol. The molecule has 1 aromatic carbocycles. The van der Waals surface area contributed by atoms with Gasteiger partial charge in [-0.1, -0.05) is 25.0 Å². The zero-order valence-electron chi connectivity index (χ0n) is 17.6. The summed E-state index contributed by atoms with van der Waals surface area (Å²) < 4.78 is 2.41. The highest BCUT2D eigenvalue weighted by atomic mass is 32.1. The Morgan fingerprint density at radius 3 is 2.60 bits per heavy atom. The number of rotatable bonds is 4. The third-order valence-electron chi connectivity index (χ3n) is 6.69. The van der Waals surface area contributed by atoms with E-state index in [1.54, 1.807) is 0 Å². The average Bonchev–Trinajstić information content (AvgIpc) is 3.50. The first-order valence-electron chi connectivity index (χ1n) is 10.9. The molecule has 2 aliphatic rings. The smallest absolute Gasteiger partial charge is 0.174 e. The fourth-order valence-corrected chi connectivity index (χ4v) is 5.23. The van der Waals surface area contributed by atoms with Gasteiger partial charge in [0.2, 0.25) is 0 Å². The number of nitrogens with zero attached hydrogens (tertiary/aromatic N) is 3. The largest absolute Gasteiger partial charge is 0.351 e. The number of aryl methyl sites for hydroxylation is 2. The van der Waals surface area contributed by atoms with E-state index >= 15 is 0 Å². The van der Waals surface area contributed by atoms with Crippen LogP contribution in [-0.4, -0.2) is 14.7 Å². The van der Waals surface area contributed by atoms with Crippen LogP contribution in [0.1, 0.15) is 66.2 Å². The SMILES string of the molecule is Cc1ccc(N2C(=S)NC(c3ccccn3)C2c2ccn(C3CCCC3)c2)cc1C. The van der Waals surface area contributed by atoms with E-state index in [1.807, 2.05) is 18.3 Å². The Labute approximate surface area is 183 Å². The van der Waals surface area contributed by atoms with Crippen LogP contribution in [0.3, 0.4) is 0 Å². The minimum Gasteiger partial charge on any atom is -0.351 e. The molecule has 0 amide bonds. The van der Waals surface area contributed by atoms with E-state index < -0.39 is 0 Å². The fourth-order valence-electron chi connectivity index (χ4n) is 4.88. The lowest BCUT2D eigenvalue weighted by Gasteiger charge is -2.28. The second-order valence-corrected chi connectivity index (χ2v) is 8.98. The molecule has 0 spiro atoms. The molecule has 4 nitrogen and oxygen atoms in total. The monoisotopic (exact) mass is 416 g/mol. The van der Waals surface area contributed by atoms with Gasteiger partial charge in [0.05, 0.1) is 17.8 Å². The Bertz CT molecular complexity index is 1050. The number of hydrogen-bond donors (Lipinski definition) is 1. The van der Waals surface area contributed by atoms with Crippen molar-refractivity contribution in [2.75, 3.05) is 4.90 Å². The molecule has 154 valence electrons. The van der Waals surface area contributed by atoms with Crippen molar-refractivity contribution < 1.29 is 0 Å². The molecule has 1 aliphatic carbocycles. The standard InChI is InChI=1S/C25H28N4S/c1-17-10-11-21(15-18(17)2)29-24(19-12-14-28(16-19)20-7-3-4-8-20)23(27-25(29)30)22-9-5-6-13-26-22/h5-6,9-16,20,23-24H,3-4,7-8H2,1-2H3,(H,27,30). The molecule has 2 fully saturated rings. The Balaban J connectivity index is 1.58. The second kappa shape index (κ2) is 7.88. The molecule has 1 saturated carbocycles. The normalized spacial score (nSPS) is 21.9. The molecule has 2 aromatic heterocycles. The summed E-state index contributed by atoms with van der Waals surface area (Å²) in [4.78, 5) is 6.93. The average molecular weight is 417 g/mol. The Morgan fingerprint density at radius 1 is 1.03 bits per heavy atom. The van der Waals surface area contributed by atoms with Crippen LogP contribution in [0.15, 0.2) is 61.1 Å². The molecule has 0 bridgehead atoms. The first-order valence-corrected chi connectivity index (χ1v) is 11.3. The maximum atomic E-state index is 5.85. The van der Waals surface area contributed by atoms with Crippen molar-refractivity contribution in [3.05, 3.63) is 83.4 Å². The maximum Gasteiger partial charge on any atom is 0.174 e. The first-order chi connectivity index (χ1) is 14.6. The van der Waals surface area contributed by atoms with Crippen LogP contribution >= 0.6 is 12.2 Å². The molecule has 5 rings (SSSR count). The van der Waals surface area contributed by atoms with Gasteiger partial charge in [-0.2, -0.15) is 0 Å². The maximum absolute atomic E-state index is 5.85.